The van der Waals surface area contributed by atoms with Crippen molar-refractivity contribution in [3.8, 4) is 11.7 Å². The van der Waals surface area contributed by atoms with Gasteiger partial charge in [-0.3, -0.25) is 4.79 Å². The van der Waals surface area contributed by atoms with Crippen LogP contribution < -0.4 is 4.90 Å². The topological polar surface area (TPSA) is 85.0 Å². The molecule has 1 aliphatic carbocycles. The van der Waals surface area contributed by atoms with Gasteiger partial charge in [-0.15, -0.1) is 10.2 Å². The first-order chi connectivity index (χ1) is 18.9. The molecule has 0 aliphatic heterocycles. The van der Waals surface area contributed by atoms with Gasteiger partial charge >= 0.3 is 12.4 Å². The monoisotopic (exact) mass is 581 g/mol. The Morgan fingerprint density at radius 2 is 1.62 bits per heavy atom. The average Bonchev–Trinajstić information content (AvgIpc) is 3.65. The molecule has 1 amide bonds. The number of amides is 1. The molecular formula is C26H18ClF6N5O2. The molecule has 1 aliphatic rings. The fraction of sp³-hybridized carbons (Fsp3) is 0.269. The van der Waals surface area contributed by atoms with Gasteiger partial charge in [-0.1, -0.05) is 29.8 Å². The van der Waals surface area contributed by atoms with Crippen LogP contribution in [0.25, 0.3) is 11.7 Å². The summed E-state index contributed by atoms with van der Waals surface area (Å²) in [7, 11) is 0. The predicted molar refractivity (Wildman–Crippen MR) is 130 cm³/mol. The van der Waals surface area contributed by atoms with E-state index in [-0.39, 0.29) is 35.2 Å². The lowest BCUT2D eigenvalue weighted by atomic mass is 9.99. The van der Waals surface area contributed by atoms with Crippen molar-refractivity contribution < 1.29 is 35.6 Å². The molecule has 1 fully saturated rings. The summed E-state index contributed by atoms with van der Waals surface area (Å²) in [5, 5.41) is 8.02. The fourth-order valence-corrected chi connectivity index (χ4v) is 4.16. The molecular weight excluding hydrogens is 564 g/mol. The Morgan fingerprint density at radius 3 is 2.23 bits per heavy atom. The van der Waals surface area contributed by atoms with Gasteiger partial charge < -0.3 is 9.32 Å². The number of aromatic nitrogens is 4. The lowest BCUT2D eigenvalue weighted by molar-refractivity contribution is -0.143. The molecule has 0 spiro atoms. The van der Waals surface area contributed by atoms with Crippen molar-refractivity contribution >= 4 is 23.2 Å². The van der Waals surface area contributed by atoms with Crippen molar-refractivity contribution in [2.24, 2.45) is 0 Å². The van der Waals surface area contributed by atoms with E-state index >= 15 is 0 Å². The molecule has 4 aromatic rings. The molecule has 0 radical (unpaired) electrons. The number of hydrogen-bond acceptors (Lipinski definition) is 6. The first-order valence-corrected chi connectivity index (χ1v) is 12.2. The zero-order valence-corrected chi connectivity index (χ0v) is 21.1. The zero-order valence-electron chi connectivity index (χ0n) is 20.3. The van der Waals surface area contributed by atoms with E-state index in [9.17, 15) is 31.1 Å². The van der Waals surface area contributed by atoms with Crippen LogP contribution in [0.5, 0.6) is 0 Å². The number of carbonyl (C=O) groups is 1. The lowest BCUT2D eigenvalue weighted by Gasteiger charge is -2.23. The summed E-state index contributed by atoms with van der Waals surface area (Å²) in [5.41, 5.74) is -2.23. The SMILES string of the molecule is O=C(Cc1ccc(C(F)(F)F)cc1C(F)(F)F)N(Cc1nnc(-c2ncc(Cl)cn2)o1)c1ccc(C2CC2)cc1. The Hall–Kier alpha value is -4.00. The van der Waals surface area contributed by atoms with E-state index in [1.807, 2.05) is 12.1 Å². The number of nitrogens with zero attached hydrogens (tertiary/aromatic N) is 5. The van der Waals surface area contributed by atoms with Crippen molar-refractivity contribution in [3.05, 3.63) is 88.0 Å². The minimum Gasteiger partial charge on any atom is -0.416 e. The molecule has 208 valence electrons. The third kappa shape index (κ3) is 6.24. The molecule has 5 rings (SSSR count). The maximum absolute atomic E-state index is 13.7. The number of alkyl halides is 6. The number of benzene rings is 2. The van der Waals surface area contributed by atoms with E-state index < -0.39 is 41.4 Å². The zero-order chi connectivity index (χ0) is 28.7. The molecule has 2 heterocycles. The van der Waals surface area contributed by atoms with Gasteiger partial charge in [0.25, 0.3) is 5.89 Å². The number of halogens is 7. The van der Waals surface area contributed by atoms with Gasteiger partial charge in [0.15, 0.2) is 0 Å². The lowest BCUT2D eigenvalue weighted by Crippen LogP contribution is -2.32. The third-order valence-electron chi connectivity index (χ3n) is 6.21. The number of carbonyl (C=O) groups excluding carboxylic acids is 1. The average molecular weight is 582 g/mol. The normalized spacial score (nSPS) is 13.9. The summed E-state index contributed by atoms with van der Waals surface area (Å²) in [6, 6.07) is 8.10. The van der Waals surface area contributed by atoms with Crippen LogP contribution in [0.1, 0.15) is 46.9 Å². The van der Waals surface area contributed by atoms with E-state index in [2.05, 4.69) is 20.2 Å². The molecule has 2 aromatic heterocycles. The Balaban J connectivity index is 1.46. The van der Waals surface area contributed by atoms with Crippen LogP contribution in [0, 0.1) is 0 Å². The molecule has 0 unspecified atom stereocenters. The van der Waals surface area contributed by atoms with Gasteiger partial charge in [0.05, 0.1) is 22.6 Å². The van der Waals surface area contributed by atoms with Crippen LogP contribution >= 0.6 is 11.6 Å². The van der Waals surface area contributed by atoms with Gasteiger partial charge in [-0.05, 0) is 54.2 Å². The minimum atomic E-state index is -5.12. The van der Waals surface area contributed by atoms with Crippen LogP contribution in [-0.4, -0.2) is 26.1 Å². The van der Waals surface area contributed by atoms with Gasteiger partial charge in [-0.25, -0.2) is 9.97 Å². The molecule has 0 saturated heterocycles. The number of rotatable bonds is 7. The fourth-order valence-electron chi connectivity index (χ4n) is 4.06. The Bertz CT molecular complexity index is 1520. The summed E-state index contributed by atoms with van der Waals surface area (Å²) in [6.45, 7) is -0.329. The minimum absolute atomic E-state index is 0.00772. The van der Waals surface area contributed by atoms with Crippen molar-refractivity contribution in [1.29, 1.82) is 0 Å². The van der Waals surface area contributed by atoms with Crippen molar-refractivity contribution in [3.63, 3.8) is 0 Å². The Kier molecular flexibility index (Phi) is 7.25. The highest BCUT2D eigenvalue weighted by Gasteiger charge is 2.38. The molecule has 1 saturated carbocycles. The maximum atomic E-state index is 13.7. The Labute approximate surface area is 227 Å². The summed E-state index contributed by atoms with van der Waals surface area (Å²) >= 11 is 5.79. The third-order valence-corrected chi connectivity index (χ3v) is 6.41. The van der Waals surface area contributed by atoms with Crippen molar-refractivity contribution in [1.82, 2.24) is 20.2 Å². The smallest absolute Gasteiger partial charge is 0.416 e. The number of hydrogen-bond donors (Lipinski definition) is 0. The van der Waals surface area contributed by atoms with Crippen molar-refractivity contribution in [2.75, 3.05) is 4.90 Å². The van der Waals surface area contributed by atoms with E-state index in [0.717, 1.165) is 23.3 Å². The summed E-state index contributed by atoms with van der Waals surface area (Å²) in [6.07, 6.45) is -6.24. The van der Waals surface area contributed by atoms with Gasteiger partial charge in [0, 0.05) is 18.1 Å². The van der Waals surface area contributed by atoms with Crippen LogP contribution in [0.15, 0.2) is 59.3 Å². The molecule has 7 nitrogen and oxygen atoms in total. The van der Waals surface area contributed by atoms with Crippen LogP contribution in [0.3, 0.4) is 0 Å². The molecule has 2 aromatic carbocycles. The predicted octanol–water partition coefficient (Wildman–Crippen LogP) is 6.87. The van der Waals surface area contributed by atoms with Crippen LogP contribution in [0.4, 0.5) is 32.0 Å². The first-order valence-electron chi connectivity index (χ1n) is 11.9. The first kappa shape index (κ1) is 27.6. The molecule has 0 bridgehead atoms. The summed E-state index contributed by atoms with van der Waals surface area (Å²) in [5.74, 6) is -0.499. The van der Waals surface area contributed by atoms with E-state index in [1.54, 1.807) is 12.1 Å². The summed E-state index contributed by atoms with van der Waals surface area (Å²) < 4.78 is 86.0. The molecule has 0 N–H and O–H groups in total. The van der Waals surface area contributed by atoms with Crippen molar-refractivity contribution in [2.45, 2.75) is 44.1 Å². The molecule has 14 heteroatoms. The number of anilines is 1. The van der Waals surface area contributed by atoms with Gasteiger partial charge in [-0.2, -0.15) is 26.3 Å². The highest BCUT2D eigenvalue weighted by atomic mass is 35.5. The largest absolute Gasteiger partial charge is 0.416 e. The second-order valence-corrected chi connectivity index (χ2v) is 9.55. The highest BCUT2D eigenvalue weighted by Crippen LogP contribution is 2.41. The Morgan fingerprint density at radius 1 is 0.950 bits per heavy atom. The molecule has 40 heavy (non-hydrogen) atoms. The van der Waals surface area contributed by atoms with Gasteiger partial charge in [0.2, 0.25) is 17.6 Å². The highest BCUT2D eigenvalue weighted by molar-refractivity contribution is 6.30. The second kappa shape index (κ2) is 10.5. The van der Waals surface area contributed by atoms with E-state index in [4.69, 9.17) is 16.0 Å². The summed E-state index contributed by atoms with van der Waals surface area (Å²) in [4.78, 5) is 22.5. The van der Waals surface area contributed by atoms with Crippen LogP contribution in [0.2, 0.25) is 5.02 Å². The van der Waals surface area contributed by atoms with Gasteiger partial charge in [0.1, 0.15) is 6.54 Å². The molecule has 0 atom stereocenters. The maximum Gasteiger partial charge on any atom is 0.416 e. The van der Waals surface area contributed by atoms with Crippen LogP contribution in [-0.2, 0) is 30.1 Å². The van der Waals surface area contributed by atoms with E-state index in [1.165, 1.54) is 12.4 Å². The van der Waals surface area contributed by atoms with E-state index in [0.29, 0.717) is 23.7 Å². The standard InChI is InChI=1S/C26H18ClF6N5O2/c27-18-11-34-23(35-12-18)24-37-36-21(40-24)13-38(19-7-4-15(5-8-19)14-1-2-14)22(39)9-16-3-6-17(25(28,29)30)10-20(16)26(31,32)33/h3-8,10-12,14H,1-2,9,13H2. The second-order valence-electron chi connectivity index (χ2n) is 9.12. The quantitative estimate of drug-likeness (QED) is 0.221.